The lowest BCUT2D eigenvalue weighted by Crippen LogP contribution is -2.25. The number of thiocarbonyl (C=S) groups is 1. The number of phenolic OH excluding ortho intramolecular Hbond substituents is 2. The topological polar surface area (TPSA) is 90.9 Å². The summed E-state index contributed by atoms with van der Waals surface area (Å²) in [7, 11) is 0. The first-order valence-electron chi connectivity index (χ1n) is 6.45. The lowest BCUT2D eigenvalue weighted by molar-refractivity contribution is 0.450. The molecule has 0 saturated carbocycles. The number of nitrogens with one attached hydrogen (secondary N) is 1. The highest BCUT2D eigenvalue weighted by Gasteiger charge is 2.08. The van der Waals surface area contributed by atoms with Gasteiger partial charge in [0.25, 0.3) is 0 Å². The van der Waals surface area contributed by atoms with Crippen molar-refractivity contribution in [1.29, 1.82) is 0 Å². The average Bonchev–Trinajstić information content (AvgIpc) is 2.49. The number of aromatic hydroxyl groups is 2. The second-order valence-corrected chi connectivity index (χ2v) is 4.86. The second kappa shape index (κ2) is 7.24. The van der Waals surface area contributed by atoms with Crippen LogP contribution < -0.4 is 11.2 Å². The predicted molar refractivity (Wildman–Crippen MR) is 91.7 cm³/mol. The van der Waals surface area contributed by atoms with Crippen LogP contribution in [0.15, 0.2) is 59.7 Å². The van der Waals surface area contributed by atoms with Gasteiger partial charge in [-0.3, -0.25) is 5.43 Å². The maximum atomic E-state index is 9.96. The molecule has 2 aromatic carbocycles. The van der Waals surface area contributed by atoms with E-state index < -0.39 is 0 Å². The molecular formula is C16H15N3O2S. The van der Waals surface area contributed by atoms with Gasteiger partial charge in [0.05, 0.1) is 5.71 Å². The van der Waals surface area contributed by atoms with Crippen molar-refractivity contribution in [3.8, 4) is 11.5 Å². The number of phenols is 2. The number of hydrazone groups is 1. The van der Waals surface area contributed by atoms with E-state index in [9.17, 15) is 10.2 Å². The molecular weight excluding hydrogens is 298 g/mol. The summed E-state index contributed by atoms with van der Waals surface area (Å²) in [5.74, 6) is -0.129. The van der Waals surface area contributed by atoms with Crippen molar-refractivity contribution in [2.75, 3.05) is 0 Å². The van der Waals surface area contributed by atoms with Gasteiger partial charge in [-0.2, -0.15) is 5.10 Å². The third-order valence-electron chi connectivity index (χ3n) is 2.78. The Morgan fingerprint density at radius 3 is 2.50 bits per heavy atom. The van der Waals surface area contributed by atoms with Gasteiger partial charge in [0.15, 0.2) is 5.11 Å². The number of rotatable bonds is 4. The third kappa shape index (κ3) is 4.32. The minimum Gasteiger partial charge on any atom is -0.508 e. The molecule has 0 atom stereocenters. The highest BCUT2D eigenvalue weighted by atomic mass is 32.1. The van der Waals surface area contributed by atoms with Crippen LogP contribution in [0.3, 0.4) is 0 Å². The Morgan fingerprint density at radius 1 is 1.14 bits per heavy atom. The highest BCUT2D eigenvalue weighted by Crippen LogP contribution is 2.23. The Hall–Kier alpha value is -2.86. The summed E-state index contributed by atoms with van der Waals surface area (Å²) < 4.78 is 0. The van der Waals surface area contributed by atoms with E-state index in [1.54, 1.807) is 12.1 Å². The van der Waals surface area contributed by atoms with Crippen molar-refractivity contribution < 1.29 is 10.2 Å². The number of benzene rings is 2. The fourth-order valence-electron chi connectivity index (χ4n) is 1.78. The van der Waals surface area contributed by atoms with Crippen LogP contribution in [0.2, 0.25) is 0 Å². The van der Waals surface area contributed by atoms with Gasteiger partial charge >= 0.3 is 0 Å². The van der Waals surface area contributed by atoms with Crippen molar-refractivity contribution in [3.05, 3.63) is 65.7 Å². The normalized spacial score (nSPS) is 11.5. The number of allylic oxidation sites excluding steroid dienone is 1. The van der Waals surface area contributed by atoms with E-state index in [1.807, 2.05) is 36.4 Å². The summed E-state index contributed by atoms with van der Waals surface area (Å²) in [6.45, 7) is 0. The van der Waals surface area contributed by atoms with Gasteiger partial charge in [-0.05, 0) is 36.0 Å². The average molecular weight is 313 g/mol. The molecule has 5 N–H and O–H groups in total. The van der Waals surface area contributed by atoms with Gasteiger partial charge in [-0.1, -0.05) is 36.4 Å². The van der Waals surface area contributed by atoms with Gasteiger partial charge in [-0.25, -0.2) is 0 Å². The minimum atomic E-state index is -0.0961. The third-order valence-corrected chi connectivity index (χ3v) is 2.87. The van der Waals surface area contributed by atoms with E-state index in [2.05, 4.69) is 10.5 Å². The Bertz CT molecular complexity index is 727. The molecule has 6 heteroatoms. The first-order chi connectivity index (χ1) is 10.6. The summed E-state index contributed by atoms with van der Waals surface area (Å²) in [4.78, 5) is 0. The SMILES string of the molecule is NC(=S)N/N=C(\C=C\c1ccccc1)c1ccc(O)cc1O. The first-order valence-corrected chi connectivity index (χ1v) is 6.85. The van der Waals surface area contributed by atoms with Crippen LogP contribution in [0.25, 0.3) is 6.08 Å². The van der Waals surface area contributed by atoms with Gasteiger partial charge in [0.1, 0.15) is 11.5 Å². The molecule has 0 spiro atoms. The summed E-state index contributed by atoms with van der Waals surface area (Å²) in [6.07, 6.45) is 3.55. The summed E-state index contributed by atoms with van der Waals surface area (Å²) in [5.41, 5.74) is 9.71. The van der Waals surface area contributed by atoms with Crippen LogP contribution >= 0.6 is 12.2 Å². The molecule has 5 nitrogen and oxygen atoms in total. The predicted octanol–water partition coefficient (Wildman–Crippen LogP) is 2.35. The summed E-state index contributed by atoms with van der Waals surface area (Å²) in [5, 5.41) is 23.4. The Balaban J connectivity index is 2.36. The Labute approximate surface area is 133 Å². The number of hydrogen-bond acceptors (Lipinski definition) is 4. The molecule has 0 heterocycles. The molecule has 0 aliphatic rings. The van der Waals surface area contributed by atoms with Crippen LogP contribution in [0.1, 0.15) is 11.1 Å². The van der Waals surface area contributed by atoms with Crippen molar-refractivity contribution in [2.45, 2.75) is 0 Å². The molecule has 112 valence electrons. The van der Waals surface area contributed by atoms with E-state index in [0.29, 0.717) is 11.3 Å². The number of nitrogens with zero attached hydrogens (tertiary/aromatic N) is 1. The lowest BCUT2D eigenvalue weighted by atomic mass is 10.1. The zero-order valence-electron chi connectivity index (χ0n) is 11.6. The Kier molecular flexibility index (Phi) is 5.11. The molecule has 2 rings (SSSR count). The maximum absolute atomic E-state index is 9.96. The fourth-order valence-corrected chi connectivity index (χ4v) is 1.82. The summed E-state index contributed by atoms with van der Waals surface area (Å²) >= 11 is 4.73. The van der Waals surface area contributed by atoms with Gasteiger partial charge in [0.2, 0.25) is 0 Å². The van der Waals surface area contributed by atoms with E-state index in [4.69, 9.17) is 18.0 Å². The lowest BCUT2D eigenvalue weighted by Gasteiger charge is -2.06. The van der Waals surface area contributed by atoms with E-state index >= 15 is 0 Å². The van der Waals surface area contributed by atoms with Crippen molar-refractivity contribution >= 4 is 29.1 Å². The highest BCUT2D eigenvalue weighted by molar-refractivity contribution is 7.80. The van der Waals surface area contributed by atoms with Crippen LogP contribution in [0.5, 0.6) is 11.5 Å². The molecule has 0 saturated heterocycles. The quantitative estimate of drug-likeness (QED) is 0.395. The fraction of sp³-hybridized carbons (Fsp3) is 0. The molecule has 0 amide bonds. The molecule has 22 heavy (non-hydrogen) atoms. The van der Waals surface area contributed by atoms with Crippen LogP contribution in [-0.2, 0) is 0 Å². The molecule has 0 aromatic heterocycles. The summed E-state index contributed by atoms with van der Waals surface area (Å²) in [6, 6.07) is 13.9. The molecule has 0 fully saturated rings. The molecule has 2 aromatic rings. The minimum absolute atomic E-state index is 0.0175. The van der Waals surface area contributed by atoms with Gasteiger partial charge in [0, 0.05) is 11.6 Å². The largest absolute Gasteiger partial charge is 0.508 e. The van der Waals surface area contributed by atoms with Gasteiger partial charge in [-0.15, -0.1) is 0 Å². The first kappa shape index (κ1) is 15.5. The molecule has 0 bridgehead atoms. The standard InChI is InChI=1S/C16H15N3O2S/c17-16(22)19-18-14(9-6-11-4-2-1-3-5-11)13-8-7-12(20)10-15(13)21/h1-10,20-21H,(H3,17,19,22)/b9-6+,18-14+. The number of nitrogens with two attached hydrogens (primary N) is 1. The van der Waals surface area contributed by atoms with E-state index in [0.717, 1.165) is 5.56 Å². The number of hydrogen-bond donors (Lipinski definition) is 4. The van der Waals surface area contributed by atoms with E-state index in [1.165, 1.54) is 12.1 Å². The van der Waals surface area contributed by atoms with Gasteiger partial charge < -0.3 is 15.9 Å². The molecule has 0 unspecified atom stereocenters. The van der Waals surface area contributed by atoms with Crippen molar-refractivity contribution in [3.63, 3.8) is 0 Å². The van der Waals surface area contributed by atoms with Crippen molar-refractivity contribution in [2.24, 2.45) is 10.8 Å². The Morgan fingerprint density at radius 2 is 1.86 bits per heavy atom. The van der Waals surface area contributed by atoms with E-state index in [-0.39, 0.29) is 16.6 Å². The van der Waals surface area contributed by atoms with Crippen LogP contribution in [0.4, 0.5) is 0 Å². The molecule has 0 radical (unpaired) electrons. The second-order valence-electron chi connectivity index (χ2n) is 4.42. The van der Waals surface area contributed by atoms with Crippen molar-refractivity contribution in [1.82, 2.24) is 5.43 Å². The zero-order chi connectivity index (χ0) is 15.9. The van der Waals surface area contributed by atoms with Crippen LogP contribution in [-0.4, -0.2) is 21.0 Å². The molecule has 0 aliphatic carbocycles. The monoisotopic (exact) mass is 313 g/mol. The smallest absolute Gasteiger partial charge is 0.184 e. The zero-order valence-corrected chi connectivity index (χ0v) is 12.4. The molecule has 0 aliphatic heterocycles. The maximum Gasteiger partial charge on any atom is 0.184 e. The van der Waals surface area contributed by atoms with Crippen LogP contribution in [0, 0.1) is 0 Å².